The van der Waals surface area contributed by atoms with Gasteiger partial charge < -0.3 is 10.1 Å². The van der Waals surface area contributed by atoms with Gasteiger partial charge in [0.05, 0.1) is 6.10 Å². The summed E-state index contributed by atoms with van der Waals surface area (Å²) in [6, 6.07) is 0. The van der Waals surface area contributed by atoms with Crippen molar-refractivity contribution >= 4 is 0 Å². The van der Waals surface area contributed by atoms with Crippen molar-refractivity contribution in [3.63, 3.8) is 0 Å². The molecular weight excluding hydrogens is 126 g/mol. The molecule has 10 heavy (non-hydrogen) atoms. The summed E-state index contributed by atoms with van der Waals surface area (Å²) < 4.78 is 5.48. The smallest absolute Gasteiger partial charge is 0.0613 e. The number of nitrogens with one attached hydrogen (secondary N) is 1. The Hall–Kier alpha value is -0.0800. The van der Waals surface area contributed by atoms with Crippen LogP contribution in [0.5, 0.6) is 0 Å². The van der Waals surface area contributed by atoms with Gasteiger partial charge in [-0.3, -0.25) is 0 Å². The van der Waals surface area contributed by atoms with Gasteiger partial charge in [0.15, 0.2) is 0 Å². The standard InChI is InChI=1S/C8H17NO/c1-7-8(2,6-9-3)4-5-10-7/h7,9H,4-6H2,1-3H3. The molecule has 1 heterocycles. The van der Waals surface area contributed by atoms with Crippen molar-refractivity contribution in [3.05, 3.63) is 0 Å². The van der Waals surface area contributed by atoms with E-state index >= 15 is 0 Å². The van der Waals surface area contributed by atoms with Crippen LogP contribution in [-0.4, -0.2) is 26.3 Å². The van der Waals surface area contributed by atoms with Gasteiger partial charge in [-0.15, -0.1) is 0 Å². The molecular formula is C8H17NO. The Morgan fingerprint density at radius 3 is 2.80 bits per heavy atom. The van der Waals surface area contributed by atoms with Gasteiger partial charge in [0.2, 0.25) is 0 Å². The summed E-state index contributed by atoms with van der Waals surface area (Å²) in [5, 5.41) is 3.20. The minimum Gasteiger partial charge on any atom is -0.378 e. The third kappa shape index (κ3) is 1.32. The van der Waals surface area contributed by atoms with Crippen LogP contribution in [0.15, 0.2) is 0 Å². The van der Waals surface area contributed by atoms with Crippen molar-refractivity contribution in [2.45, 2.75) is 26.4 Å². The van der Waals surface area contributed by atoms with E-state index in [0.717, 1.165) is 13.2 Å². The molecule has 60 valence electrons. The van der Waals surface area contributed by atoms with E-state index < -0.39 is 0 Å². The van der Waals surface area contributed by atoms with Gasteiger partial charge in [0.1, 0.15) is 0 Å². The zero-order valence-corrected chi connectivity index (χ0v) is 7.11. The Labute approximate surface area is 63.0 Å². The fourth-order valence-corrected chi connectivity index (χ4v) is 1.51. The summed E-state index contributed by atoms with van der Waals surface area (Å²) >= 11 is 0. The van der Waals surface area contributed by atoms with Crippen LogP contribution in [0.3, 0.4) is 0 Å². The van der Waals surface area contributed by atoms with E-state index in [2.05, 4.69) is 19.2 Å². The average Bonchev–Trinajstić information content (AvgIpc) is 2.15. The minimum atomic E-state index is 0.370. The monoisotopic (exact) mass is 143 g/mol. The molecule has 0 aromatic rings. The van der Waals surface area contributed by atoms with Crippen molar-refractivity contribution in [2.24, 2.45) is 5.41 Å². The molecule has 0 saturated carbocycles. The van der Waals surface area contributed by atoms with E-state index in [1.165, 1.54) is 6.42 Å². The van der Waals surface area contributed by atoms with Crippen LogP contribution in [0.25, 0.3) is 0 Å². The zero-order chi connectivity index (χ0) is 7.61. The molecule has 1 fully saturated rings. The maximum Gasteiger partial charge on any atom is 0.0613 e. The van der Waals surface area contributed by atoms with Gasteiger partial charge in [-0.25, -0.2) is 0 Å². The summed E-state index contributed by atoms with van der Waals surface area (Å²) in [6.07, 6.45) is 1.61. The molecule has 0 aliphatic carbocycles. The maximum atomic E-state index is 5.48. The first kappa shape index (κ1) is 8.02. The number of rotatable bonds is 2. The SMILES string of the molecule is CNCC1(C)CCOC1C. The Bertz CT molecular complexity index is 116. The van der Waals surface area contributed by atoms with E-state index in [9.17, 15) is 0 Å². The van der Waals surface area contributed by atoms with Crippen LogP contribution in [0.2, 0.25) is 0 Å². The molecule has 2 atom stereocenters. The summed E-state index contributed by atoms with van der Waals surface area (Å²) in [4.78, 5) is 0. The molecule has 1 aliphatic rings. The molecule has 1 rings (SSSR count). The highest BCUT2D eigenvalue weighted by atomic mass is 16.5. The topological polar surface area (TPSA) is 21.3 Å². The highest BCUT2D eigenvalue weighted by Gasteiger charge is 2.35. The van der Waals surface area contributed by atoms with Gasteiger partial charge in [-0.1, -0.05) is 6.92 Å². The van der Waals surface area contributed by atoms with Gasteiger partial charge in [-0.2, -0.15) is 0 Å². The Balaban J connectivity index is 2.48. The van der Waals surface area contributed by atoms with Crippen LogP contribution in [0.4, 0.5) is 0 Å². The quantitative estimate of drug-likeness (QED) is 0.623. The molecule has 2 nitrogen and oxygen atoms in total. The van der Waals surface area contributed by atoms with Crippen LogP contribution in [-0.2, 0) is 4.74 Å². The number of ether oxygens (including phenoxy) is 1. The third-order valence-corrected chi connectivity index (χ3v) is 2.60. The van der Waals surface area contributed by atoms with E-state index in [1.54, 1.807) is 0 Å². The molecule has 0 aromatic heterocycles. The van der Waals surface area contributed by atoms with Gasteiger partial charge in [0, 0.05) is 18.6 Å². The second-order valence-electron chi connectivity index (χ2n) is 3.45. The fourth-order valence-electron chi connectivity index (χ4n) is 1.51. The number of hydrogen-bond acceptors (Lipinski definition) is 2. The molecule has 0 bridgehead atoms. The summed E-state index contributed by atoms with van der Waals surface area (Å²) in [6.45, 7) is 6.43. The van der Waals surface area contributed by atoms with Gasteiger partial charge >= 0.3 is 0 Å². The molecule has 1 N–H and O–H groups in total. The lowest BCUT2D eigenvalue weighted by Crippen LogP contribution is -2.35. The molecule has 0 aromatic carbocycles. The first-order chi connectivity index (χ1) is 4.69. The normalized spacial score (nSPS) is 40.5. The van der Waals surface area contributed by atoms with Crippen LogP contribution in [0, 0.1) is 5.41 Å². The number of hydrogen-bond donors (Lipinski definition) is 1. The molecule has 2 heteroatoms. The first-order valence-corrected chi connectivity index (χ1v) is 3.95. The van der Waals surface area contributed by atoms with E-state index in [4.69, 9.17) is 4.74 Å². The molecule has 0 radical (unpaired) electrons. The van der Waals surface area contributed by atoms with Crippen LogP contribution < -0.4 is 5.32 Å². The van der Waals surface area contributed by atoms with Gasteiger partial charge in [0.25, 0.3) is 0 Å². The highest BCUT2D eigenvalue weighted by molar-refractivity contribution is 4.86. The molecule has 0 amide bonds. The van der Waals surface area contributed by atoms with E-state index in [0.29, 0.717) is 11.5 Å². The second kappa shape index (κ2) is 2.89. The van der Waals surface area contributed by atoms with Crippen molar-refractivity contribution in [1.82, 2.24) is 5.32 Å². The Morgan fingerprint density at radius 2 is 2.40 bits per heavy atom. The summed E-state index contributed by atoms with van der Waals surface area (Å²) in [7, 11) is 2.00. The minimum absolute atomic E-state index is 0.370. The lowest BCUT2D eigenvalue weighted by atomic mass is 9.84. The average molecular weight is 143 g/mol. The lowest BCUT2D eigenvalue weighted by molar-refractivity contribution is 0.0726. The molecule has 1 saturated heterocycles. The molecule has 0 spiro atoms. The predicted molar refractivity (Wildman–Crippen MR) is 42.1 cm³/mol. The van der Waals surface area contributed by atoms with E-state index in [-0.39, 0.29) is 0 Å². The highest BCUT2D eigenvalue weighted by Crippen LogP contribution is 2.33. The van der Waals surface area contributed by atoms with Crippen molar-refractivity contribution in [2.75, 3.05) is 20.2 Å². The predicted octanol–water partition coefficient (Wildman–Crippen LogP) is 1.02. The molecule has 2 unspecified atom stereocenters. The van der Waals surface area contributed by atoms with Crippen molar-refractivity contribution < 1.29 is 4.74 Å². The Kier molecular flexibility index (Phi) is 2.32. The maximum absolute atomic E-state index is 5.48. The lowest BCUT2D eigenvalue weighted by Gasteiger charge is -2.26. The third-order valence-electron chi connectivity index (χ3n) is 2.60. The largest absolute Gasteiger partial charge is 0.378 e. The second-order valence-corrected chi connectivity index (χ2v) is 3.45. The zero-order valence-electron chi connectivity index (χ0n) is 7.11. The molecule has 1 aliphatic heterocycles. The first-order valence-electron chi connectivity index (χ1n) is 3.95. The van der Waals surface area contributed by atoms with Gasteiger partial charge in [-0.05, 0) is 20.4 Å². The fraction of sp³-hybridized carbons (Fsp3) is 1.00. The van der Waals surface area contributed by atoms with E-state index in [1.807, 2.05) is 7.05 Å². The van der Waals surface area contributed by atoms with Crippen molar-refractivity contribution in [1.29, 1.82) is 0 Å². The summed E-state index contributed by atoms with van der Waals surface area (Å²) in [5.41, 5.74) is 0.370. The Morgan fingerprint density at radius 1 is 1.70 bits per heavy atom. The van der Waals surface area contributed by atoms with Crippen LogP contribution >= 0.6 is 0 Å². The van der Waals surface area contributed by atoms with Crippen LogP contribution in [0.1, 0.15) is 20.3 Å². The van der Waals surface area contributed by atoms with Crippen molar-refractivity contribution in [3.8, 4) is 0 Å². The summed E-state index contributed by atoms with van der Waals surface area (Å²) in [5.74, 6) is 0.